The van der Waals surface area contributed by atoms with E-state index in [2.05, 4.69) is 26.0 Å². The minimum Gasteiger partial charge on any atom is -0.381 e. The zero-order chi connectivity index (χ0) is 25.1. The third kappa shape index (κ3) is 4.76. The van der Waals surface area contributed by atoms with E-state index in [0.717, 1.165) is 60.1 Å². The van der Waals surface area contributed by atoms with Gasteiger partial charge in [-0.3, -0.25) is 4.79 Å². The molecule has 4 heterocycles. The second-order valence-corrected chi connectivity index (χ2v) is 8.82. The lowest BCUT2D eigenvalue weighted by Crippen LogP contribution is -2.25. The van der Waals surface area contributed by atoms with Crippen LogP contribution >= 0.6 is 0 Å². The minimum absolute atomic E-state index is 0.0709. The molecule has 0 atom stereocenters. The van der Waals surface area contributed by atoms with Crippen LogP contribution in [0.5, 0.6) is 0 Å². The van der Waals surface area contributed by atoms with Gasteiger partial charge in [0.1, 0.15) is 5.69 Å². The van der Waals surface area contributed by atoms with Gasteiger partial charge in [0.2, 0.25) is 0 Å². The van der Waals surface area contributed by atoms with Gasteiger partial charge in [-0.15, -0.1) is 0 Å². The van der Waals surface area contributed by atoms with E-state index in [0.29, 0.717) is 24.5 Å². The summed E-state index contributed by atoms with van der Waals surface area (Å²) in [5, 5.41) is 3.54. The Morgan fingerprint density at radius 1 is 1.17 bits per heavy atom. The van der Waals surface area contributed by atoms with Gasteiger partial charge in [0, 0.05) is 55.7 Å². The summed E-state index contributed by atoms with van der Waals surface area (Å²) >= 11 is 0. The fraction of sp³-hybridized carbons (Fsp3) is 0.481. The van der Waals surface area contributed by atoms with Crippen LogP contribution in [0.2, 0.25) is 0 Å². The third-order valence-corrected chi connectivity index (χ3v) is 6.85. The predicted octanol–water partition coefficient (Wildman–Crippen LogP) is 6.10. The number of benzene rings is 1. The molecule has 0 saturated carbocycles. The Bertz CT molecular complexity index is 1200. The first kappa shape index (κ1) is 25.1. The topological polar surface area (TPSA) is 59.4 Å². The average Bonchev–Trinajstić information content (AvgIpc) is 3.27. The summed E-state index contributed by atoms with van der Waals surface area (Å²) in [4.78, 5) is 18.9. The van der Waals surface area contributed by atoms with Crippen LogP contribution in [0.3, 0.4) is 0 Å². The van der Waals surface area contributed by atoms with E-state index in [1.165, 1.54) is 0 Å². The molecule has 8 heteroatoms. The Morgan fingerprint density at radius 2 is 1.91 bits per heavy atom. The van der Waals surface area contributed by atoms with Crippen LogP contribution in [0.15, 0.2) is 30.6 Å². The number of rotatable bonds is 4. The van der Waals surface area contributed by atoms with Crippen LogP contribution in [0.1, 0.15) is 72.8 Å². The fourth-order valence-electron chi connectivity index (χ4n) is 5.12. The van der Waals surface area contributed by atoms with Crippen molar-refractivity contribution in [3.63, 3.8) is 0 Å². The number of hydrogen-bond donors (Lipinski definition) is 1. The van der Waals surface area contributed by atoms with Crippen LogP contribution in [-0.2, 0) is 11.2 Å². The van der Waals surface area contributed by atoms with E-state index in [1.54, 1.807) is 26.2 Å². The van der Waals surface area contributed by atoms with Crippen molar-refractivity contribution < 1.29 is 18.3 Å². The molecule has 5 rings (SSSR count). The first-order valence-corrected chi connectivity index (χ1v) is 12.5. The van der Waals surface area contributed by atoms with Gasteiger partial charge in [0.15, 0.2) is 0 Å². The highest BCUT2D eigenvalue weighted by molar-refractivity contribution is 6.01. The van der Waals surface area contributed by atoms with Crippen molar-refractivity contribution in [3.05, 3.63) is 53.0 Å². The third-order valence-electron chi connectivity index (χ3n) is 6.85. The number of anilines is 2. The van der Waals surface area contributed by atoms with Crippen LogP contribution in [0.4, 0.5) is 20.2 Å². The Morgan fingerprint density at radius 3 is 2.60 bits per heavy atom. The van der Waals surface area contributed by atoms with E-state index < -0.39 is 6.43 Å². The lowest BCUT2D eigenvalue weighted by atomic mass is 9.95. The Labute approximate surface area is 205 Å². The molecule has 6 nitrogen and oxygen atoms in total. The van der Waals surface area contributed by atoms with Gasteiger partial charge in [0.25, 0.3) is 12.3 Å². The number of fused-ring (bicyclic) bond motifs is 2. The summed E-state index contributed by atoms with van der Waals surface area (Å²) in [5.41, 5.74) is 4.81. The van der Waals surface area contributed by atoms with Gasteiger partial charge < -0.3 is 19.5 Å². The molecular weight excluding hydrogens is 450 g/mol. The molecule has 1 aromatic carbocycles. The normalized spacial score (nSPS) is 16.1. The summed E-state index contributed by atoms with van der Waals surface area (Å²) in [6, 6.07) is 5.63. The molecular formula is C27H34F2N4O2. The SMILES string of the molecule is CC.CNC(=O)c1cc2c(N3CCCc4cc(C)c(C(F)F)cc43)cn(C3CCOCC3)c2cn1. The molecule has 188 valence electrons. The Balaban J connectivity index is 0.00000141. The van der Waals surface area contributed by atoms with Crippen molar-refractivity contribution in [2.24, 2.45) is 0 Å². The van der Waals surface area contributed by atoms with Gasteiger partial charge in [-0.1, -0.05) is 19.9 Å². The molecule has 2 aliphatic rings. The maximum absolute atomic E-state index is 13.7. The monoisotopic (exact) mass is 484 g/mol. The van der Waals surface area contributed by atoms with E-state index in [-0.39, 0.29) is 17.5 Å². The lowest BCUT2D eigenvalue weighted by Gasteiger charge is -2.32. The number of pyridine rings is 1. The van der Waals surface area contributed by atoms with Gasteiger partial charge in [0.05, 0.1) is 17.4 Å². The van der Waals surface area contributed by atoms with Gasteiger partial charge >= 0.3 is 0 Å². The van der Waals surface area contributed by atoms with Gasteiger partial charge in [-0.25, -0.2) is 13.8 Å². The molecule has 0 radical (unpaired) electrons. The number of halogens is 2. The van der Waals surface area contributed by atoms with Crippen molar-refractivity contribution >= 4 is 28.2 Å². The molecule has 2 aliphatic heterocycles. The highest BCUT2D eigenvalue weighted by Gasteiger charge is 2.27. The lowest BCUT2D eigenvalue weighted by molar-refractivity contribution is 0.0707. The van der Waals surface area contributed by atoms with Crippen molar-refractivity contribution in [1.29, 1.82) is 0 Å². The first-order valence-electron chi connectivity index (χ1n) is 12.5. The summed E-state index contributed by atoms with van der Waals surface area (Å²) in [5.74, 6) is -0.253. The van der Waals surface area contributed by atoms with E-state index in [9.17, 15) is 13.6 Å². The Kier molecular flexibility index (Phi) is 7.69. The second kappa shape index (κ2) is 10.7. The number of carbonyl (C=O) groups excluding carboxylic acids is 1. The highest BCUT2D eigenvalue weighted by Crippen LogP contribution is 2.42. The molecule has 1 saturated heterocycles. The van der Waals surface area contributed by atoms with Crippen LogP contribution in [0, 0.1) is 6.92 Å². The van der Waals surface area contributed by atoms with E-state index >= 15 is 0 Å². The van der Waals surface area contributed by atoms with Gasteiger partial charge in [-0.05, 0) is 55.9 Å². The molecule has 1 amide bonds. The number of alkyl halides is 2. The molecule has 0 aliphatic carbocycles. The first-order chi connectivity index (χ1) is 17.0. The maximum Gasteiger partial charge on any atom is 0.269 e. The molecule has 0 bridgehead atoms. The number of hydrogen-bond acceptors (Lipinski definition) is 4. The standard InChI is InChI=1S/C25H28F2N4O2.C2H6/c1-15-10-16-4-3-7-30(21(16)12-18(15)24(26)27)23-14-31(17-5-8-33-9-6-17)22-13-29-20(11-19(22)23)25(32)28-2;1-2/h10-14,17,24H,3-9H2,1-2H3,(H,28,32);1-2H3. The summed E-state index contributed by atoms with van der Waals surface area (Å²) in [6.45, 7) is 7.88. The molecule has 0 unspecified atom stereocenters. The highest BCUT2D eigenvalue weighted by atomic mass is 19.3. The minimum atomic E-state index is -2.52. The van der Waals surface area contributed by atoms with E-state index in [1.807, 2.05) is 26.0 Å². The van der Waals surface area contributed by atoms with Crippen molar-refractivity contribution in [2.75, 3.05) is 31.7 Å². The van der Waals surface area contributed by atoms with E-state index in [4.69, 9.17) is 4.74 Å². The zero-order valence-corrected chi connectivity index (χ0v) is 20.9. The predicted molar refractivity (Wildman–Crippen MR) is 135 cm³/mol. The van der Waals surface area contributed by atoms with Gasteiger partial charge in [-0.2, -0.15) is 0 Å². The number of ether oxygens (including phenoxy) is 1. The molecule has 1 N–H and O–H groups in total. The molecule has 35 heavy (non-hydrogen) atoms. The van der Waals surface area contributed by atoms with Crippen molar-refractivity contribution in [3.8, 4) is 0 Å². The summed E-state index contributed by atoms with van der Waals surface area (Å²) in [7, 11) is 1.58. The molecule has 3 aromatic rings. The summed E-state index contributed by atoms with van der Waals surface area (Å²) < 4.78 is 35.2. The molecule has 0 spiro atoms. The van der Waals surface area contributed by atoms with Crippen molar-refractivity contribution in [1.82, 2.24) is 14.9 Å². The summed E-state index contributed by atoms with van der Waals surface area (Å²) in [6.07, 6.45) is 4.91. The Hall–Kier alpha value is -3.00. The average molecular weight is 485 g/mol. The smallest absolute Gasteiger partial charge is 0.269 e. The quantitative estimate of drug-likeness (QED) is 0.486. The number of nitrogens with zero attached hydrogens (tertiary/aromatic N) is 3. The second-order valence-electron chi connectivity index (χ2n) is 8.82. The number of carbonyl (C=O) groups is 1. The van der Waals surface area contributed by atoms with Crippen LogP contribution < -0.4 is 10.2 Å². The number of aryl methyl sites for hydroxylation is 2. The van der Waals surface area contributed by atoms with Crippen molar-refractivity contribution in [2.45, 2.75) is 58.9 Å². The number of amides is 1. The number of nitrogens with one attached hydrogen (secondary N) is 1. The molecule has 2 aromatic heterocycles. The van der Waals surface area contributed by atoms with Crippen LogP contribution in [0.25, 0.3) is 10.9 Å². The zero-order valence-electron chi connectivity index (χ0n) is 20.9. The maximum atomic E-state index is 13.7. The number of aromatic nitrogens is 2. The van der Waals surface area contributed by atoms with Crippen LogP contribution in [-0.4, -0.2) is 42.3 Å². The fourth-order valence-corrected chi connectivity index (χ4v) is 5.12. The largest absolute Gasteiger partial charge is 0.381 e. The molecule has 1 fully saturated rings.